The molecule has 1 rings (SSSR count). The molecule has 17 heavy (non-hydrogen) atoms. The molecule has 0 saturated heterocycles. The van der Waals surface area contributed by atoms with E-state index in [-0.39, 0.29) is 18.1 Å². The van der Waals surface area contributed by atoms with Crippen LogP contribution in [0.25, 0.3) is 0 Å². The van der Waals surface area contributed by atoms with Gasteiger partial charge in [0.1, 0.15) is 11.4 Å². The van der Waals surface area contributed by atoms with E-state index >= 15 is 0 Å². The van der Waals surface area contributed by atoms with Crippen LogP contribution in [0.3, 0.4) is 0 Å². The lowest BCUT2D eigenvalue weighted by molar-refractivity contribution is -0.130. The monoisotopic (exact) mass is 238 g/mol. The van der Waals surface area contributed by atoms with Gasteiger partial charge in [0.2, 0.25) is 11.8 Å². The number of nitrogens with two attached hydrogens (primary N) is 1. The number of hydrogen-bond donors (Lipinski definition) is 2. The Labute approximate surface area is 99.0 Å². The van der Waals surface area contributed by atoms with Gasteiger partial charge in [0.05, 0.1) is 6.42 Å². The summed E-state index contributed by atoms with van der Waals surface area (Å²) in [7, 11) is 0. The van der Waals surface area contributed by atoms with Crippen LogP contribution in [0.15, 0.2) is 24.3 Å². The molecule has 0 fully saturated rings. The number of carbonyl (C=O) groups excluding carboxylic acids is 2. The highest BCUT2D eigenvalue weighted by atomic mass is 19.1. The molecule has 92 valence electrons. The first kappa shape index (κ1) is 13.2. The number of halogens is 1. The van der Waals surface area contributed by atoms with Crippen molar-refractivity contribution >= 4 is 11.8 Å². The Balaban J connectivity index is 2.62. The lowest BCUT2D eigenvalue weighted by atomic mass is 10.0. The number of rotatable bonds is 4. The predicted octanol–water partition coefficient (Wildman–Crippen LogP) is 0.748. The summed E-state index contributed by atoms with van der Waals surface area (Å²) in [5, 5.41) is 2.51. The second kappa shape index (κ2) is 4.95. The first-order chi connectivity index (χ1) is 7.81. The van der Waals surface area contributed by atoms with Gasteiger partial charge in [-0.25, -0.2) is 4.39 Å². The topological polar surface area (TPSA) is 72.2 Å². The number of amides is 2. The van der Waals surface area contributed by atoms with Crippen molar-refractivity contribution in [3.63, 3.8) is 0 Å². The van der Waals surface area contributed by atoms with Crippen molar-refractivity contribution < 1.29 is 14.0 Å². The molecule has 1 aromatic carbocycles. The summed E-state index contributed by atoms with van der Waals surface area (Å²) in [6, 6.07) is 5.60. The predicted molar refractivity (Wildman–Crippen MR) is 61.5 cm³/mol. The van der Waals surface area contributed by atoms with Gasteiger partial charge in [-0.05, 0) is 31.5 Å². The second-order valence-corrected chi connectivity index (χ2v) is 4.34. The van der Waals surface area contributed by atoms with Crippen LogP contribution in [0.1, 0.15) is 19.4 Å². The summed E-state index contributed by atoms with van der Waals surface area (Å²) in [6.07, 6.45) is 0.0803. The number of benzene rings is 1. The summed E-state index contributed by atoms with van der Waals surface area (Å²) in [4.78, 5) is 22.6. The molecule has 0 aliphatic carbocycles. The van der Waals surface area contributed by atoms with Crippen LogP contribution < -0.4 is 11.1 Å². The normalized spacial score (nSPS) is 11.0. The third-order valence-electron chi connectivity index (χ3n) is 2.35. The van der Waals surface area contributed by atoms with Gasteiger partial charge in [0, 0.05) is 0 Å². The molecule has 0 aliphatic heterocycles. The summed E-state index contributed by atoms with van der Waals surface area (Å²) in [6.45, 7) is 3.05. The van der Waals surface area contributed by atoms with Crippen LogP contribution in [0.2, 0.25) is 0 Å². The molecule has 5 heteroatoms. The molecule has 3 N–H and O–H groups in total. The minimum atomic E-state index is -1.09. The summed E-state index contributed by atoms with van der Waals surface area (Å²) >= 11 is 0. The Morgan fingerprint density at radius 3 is 2.29 bits per heavy atom. The highest BCUT2D eigenvalue weighted by molar-refractivity contribution is 5.90. The summed E-state index contributed by atoms with van der Waals surface area (Å²) in [5.41, 5.74) is 4.71. The van der Waals surface area contributed by atoms with E-state index < -0.39 is 11.4 Å². The minimum absolute atomic E-state index is 0.0803. The summed E-state index contributed by atoms with van der Waals surface area (Å²) in [5.74, 6) is -1.29. The summed E-state index contributed by atoms with van der Waals surface area (Å²) < 4.78 is 12.6. The van der Waals surface area contributed by atoms with Crippen LogP contribution in [-0.4, -0.2) is 17.4 Å². The molecular formula is C12H15FN2O2. The van der Waals surface area contributed by atoms with Crippen LogP contribution in [0, 0.1) is 5.82 Å². The Hall–Kier alpha value is -1.91. The van der Waals surface area contributed by atoms with Gasteiger partial charge in [-0.2, -0.15) is 0 Å². The average Bonchev–Trinajstić information content (AvgIpc) is 2.20. The molecular weight excluding hydrogens is 223 g/mol. The quantitative estimate of drug-likeness (QED) is 0.812. The molecule has 0 spiro atoms. The van der Waals surface area contributed by atoms with Crippen molar-refractivity contribution in [2.75, 3.05) is 0 Å². The van der Waals surface area contributed by atoms with Crippen molar-refractivity contribution in [2.24, 2.45) is 5.73 Å². The zero-order valence-corrected chi connectivity index (χ0v) is 9.79. The molecule has 1 aromatic rings. The molecule has 0 atom stereocenters. The molecule has 0 heterocycles. The maximum Gasteiger partial charge on any atom is 0.242 e. The Bertz CT molecular complexity index is 427. The number of nitrogens with one attached hydrogen (secondary N) is 1. The lowest BCUT2D eigenvalue weighted by Crippen LogP contribution is -2.53. The van der Waals surface area contributed by atoms with E-state index in [0.29, 0.717) is 5.56 Å². The Morgan fingerprint density at radius 2 is 1.82 bits per heavy atom. The average molecular weight is 238 g/mol. The van der Waals surface area contributed by atoms with Crippen molar-refractivity contribution in [2.45, 2.75) is 25.8 Å². The fraction of sp³-hybridized carbons (Fsp3) is 0.333. The minimum Gasteiger partial charge on any atom is -0.368 e. The van der Waals surface area contributed by atoms with Gasteiger partial charge < -0.3 is 11.1 Å². The van der Waals surface area contributed by atoms with Gasteiger partial charge >= 0.3 is 0 Å². The molecule has 0 aliphatic rings. The maximum atomic E-state index is 12.6. The van der Waals surface area contributed by atoms with Gasteiger partial charge in [-0.3, -0.25) is 9.59 Å². The standard InChI is InChI=1S/C12H15FN2O2/c1-12(2,11(14)17)15-10(16)7-8-3-5-9(13)6-4-8/h3-6H,7H2,1-2H3,(H2,14,17)(H,15,16). The van der Waals surface area contributed by atoms with Gasteiger partial charge in [-0.15, -0.1) is 0 Å². The molecule has 0 radical (unpaired) electrons. The largest absolute Gasteiger partial charge is 0.368 e. The van der Waals surface area contributed by atoms with E-state index in [4.69, 9.17) is 5.73 Å². The fourth-order valence-electron chi connectivity index (χ4n) is 1.24. The van der Waals surface area contributed by atoms with E-state index in [9.17, 15) is 14.0 Å². The fourth-order valence-corrected chi connectivity index (χ4v) is 1.24. The van der Waals surface area contributed by atoms with Crippen LogP contribution in [0.4, 0.5) is 4.39 Å². The van der Waals surface area contributed by atoms with Crippen LogP contribution in [-0.2, 0) is 16.0 Å². The van der Waals surface area contributed by atoms with Crippen molar-refractivity contribution in [1.82, 2.24) is 5.32 Å². The zero-order chi connectivity index (χ0) is 13.1. The molecule has 0 unspecified atom stereocenters. The molecule has 0 saturated carbocycles. The van der Waals surface area contributed by atoms with E-state index in [1.807, 2.05) is 0 Å². The van der Waals surface area contributed by atoms with Gasteiger partial charge in [0.15, 0.2) is 0 Å². The van der Waals surface area contributed by atoms with Crippen LogP contribution in [0.5, 0.6) is 0 Å². The third kappa shape index (κ3) is 3.86. The smallest absolute Gasteiger partial charge is 0.242 e. The van der Waals surface area contributed by atoms with Gasteiger partial charge in [-0.1, -0.05) is 12.1 Å². The van der Waals surface area contributed by atoms with Crippen molar-refractivity contribution in [3.8, 4) is 0 Å². The highest BCUT2D eigenvalue weighted by Gasteiger charge is 2.26. The van der Waals surface area contributed by atoms with E-state index in [1.54, 1.807) is 0 Å². The van der Waals surface area contributed by atoms with Crippen LogP contribution >= 0.6 is 0 Å². The Kier molecular flexibility index (Phi) is 3.83. The van der Waals surface area contributed by atoms with Crippen molar-refractivity contribution in [3.05, 3.63) is 35.6 Å². The maximum absolute atomic E-state index is 12.6. The molecule has 0 aromatic heterocycles. The van der Waals surface area contributed by atoms with E-state index in [0.717, 1.165) is 0 Å². The second-order valence-electron chi connectivity index (χ2n) is 4.34. The first-order valence-corrected chi connectivity index (χ1v) is 5.16. The van der Waals surface area contributed by atoms with Crippen molar-refractivity contribution in [1.29, 1.82) is 0 Å². The lowest BCUT2D eigenvalue weighted by Gasteiger charge is -2.22. The Morgan fingerprint density at radius 1 is 1.29 bits per heavy atom. The number of hydrogen-bond acceptors (Lipinski definition) is 2. The third-order valence-corrected chi connectivity index (χ3v) is 2.35. The SMILES string of the molecule is CC(C)(NC(=O)Cc1ccc(F)cc1)C(N)=O. The van der Waals surface area contributed by atoms with Gasteiger partial charge in [0.25, 0.3) is 0 Å². The molecule has 0 bridgehead atoms. The number of carbonyl (C=O) groups is 2. The zero-order valence-electron chi connectivity index (χ0n) is 9.79. The van der Waals surface area contributed by atoms with E-state index in [2.05, 4.69) is 5.32 Å². The first-order valence-electron chi connectivity index (χ1n) is 5.16. The molecule has 2 amide bonds. The number of primary amides is 1. The van der Waals surface area contributed by atoms with E-state index in [1.165, 1.54) is 38.1 Å². The molecule has 4 nitrogen and oxygen atoms in total. The highest BCUT2D eigenvalue weighted by Crippen LogP contribution is 2.05.